The topological polar surface area (TPSA) is 95.9 Å². The number of fused-ring (bicyclic) bond motifs is 1. The lowest BCUT2D eigenvalue weighted by molar-refractivity contribution is 0.0313. The van der Waals surface area contributed by atoms with Crippen molar-refractivity contribution in [2.45, 2.75) is 26.0 Å². The number of aliphatic hydroxyl groups is 1. The molecule has 1 aliphatic heterocycles. The summed E-state index contributed by atoms with van der Waals surface area (Å²) < 4.78 is 19.7. The minimum Gasteiger partial charge on any atom is -0.472 e. The van der Waals surface area contributed by atoms with Crippen LogP contribution in [0.25, 0.3) is 11.1 Å². The lowest BCUT2D eigenvalue weighted by Gasteiger charge is -2.37. The van der Waals surface area contributed by atoms with E-state index in [4.69, 9.17) is 4.74 Å². The lowest BCUT2D eigenvalue weighted by atomic mass is 9.99. The Hall–Kier alpha value is -3.85. The van der Waals surface area contributed by atoms with Crippen molar-refractivity contribution in [3.05, 3.63) is 78.0 Å². The van der Waals surface area contributed by atoms with E-state index in [1.165, 1.54) is 18.3 Å². The molecule has 0 fully saturated rings. The molecule has 0 aliphatic carbocycles. The number of pyridine rings is 2. The van der Waals surface area contributed by atoms with Crippen LogP contribution in [0, 0.1) is 11.7 Å². The number of aliphatic hydroxyl groups excluding tert-OH is 1. The predicted molar refractivity (Wildman–Crippen MR) is 132 cm³/mol. The molecule has 3 atom stereocenters. The average molecular weight is 493 g/mol. The van der Waals surface area contributed by atoms with Crippen LogP contribution in [0.2, 0.25) is 0 Å². The van der Waals surface area contributed by atoms with E-state index in [1.54, 1.807) is 66.5 Å². The molecular weight excluding hydrogens is 463 g/mol. The summed E-state index contributed by atoms with van der Waals surface area (Å²) in [5, 5.41) is 9.83. The number of hydrogen-bond acceptors (Lipinski definition) is 6. The van der Waals surface area contributed by atoms with Gasteiger partial charge in [-0.15, -0.1) is 0 Å². The number of nitrogens with zero attached hydrogens (tertiary/aromatic N) is 4. The number of ether oxygens (including phenoxy) is 1. The zero-order valence-electron chi connectivity index (χ0n) is 20.5. The molecule has 0 radical (unpaired) electrons. The maximum absolute atomic E-state index is 13.6. The summed E-state index contributed by atoms with van der Waals surface area (Å²) in [6, 6.07) is 10.6. The molecule has 8 nitrogen and oxygen atoms in total. The summed E-state index contributed by atoms with van der Waals surface area (Å²) in [4.78, 5) is 38.1. The van der Waals surface area contributed by atoms with Crippen LogP contribution in [0.4, 0.5) is 4.39 Å². The third-order valence-electron chi connectivity index (χ3n) is 6.41. The van der Waals surface area contributed by atoms with Crippen molar-refractivity contribution in [1.82, 2.24) is 19.8 Å². The Labute approximate surface area is 209 Å². The number of rotatable bonds is 6. The number of benzene rings is 1. The first-order chi connectivity index (χ1) is 17.3. The van der Waals surface area contributed by atoms with Crippen molar-refractivity contribution in [2.24, 2.45) is 5.92 Å². The largest absolute Gasteiger partial charge is 0.472 e. The Morgan fingerprint density at radius 1 is 1.25 bits per heavy atom. The van der Waals surface area contributed by atoms with Crippen molar-refractivity contribution < 1.29 is 23.8 Å². The van der Waals surface area contributed by atoms with Crippen LogP contribution in [-0.4, -0.2) is 75.6 Å². The molecule has 0 spiro atoms. The number of amides is 2. The van der Waals surface area contributed by atoms with Gasteiger partial charge in [-0.1, -0.05) is 19.1 Å². The van der Waals surface area contributed by atoms with Gasteiger partial charge in [0.15, 0.2) is 0 Å². The molecule has 36 heavy (non-hydrogen) atoms. The first-order valence-electron chi connectivity index (χ1n) is 11.8. The van der Waals surface area contributed by atoms with E-state index in [0.29, 0.717) is 23.2 Å². The van der Waals surface area contributed by atoms with Gasteiger partial charge in [0.1, 0.15) is 17.5 Å². The van der Waals surface area contributed by atoms with Gasteiger partial charge < -0.3 is 19.6 Å². The van der Waals surface area contributed by atoms with Gasteiger partial charge in [-0.3, -0.25) is 14.6 Å². The van der Waals surface area contributed by atoms with Crippen LogP contribution in [-0.2, 0) is 0 Å². The number of carbonyl (C=O) groups excluding carboxylic acids is 2. The van der Waals surface area contributed by atoms with Crippen LogP contribution < -0.4 is 4.74 Å². The Balaban J connectivity index is 1.68. The van der Waals surface area contributed by atoms with Crippen LogP contribution in [0.15, 0.2) is 61.1 Å². The van der Waals surface area contributed by atoms with Gasteiger partial charge in [0.2, 0.25) is 5.88 Å². The third kappa shape index (κ3) is 5.36. The zero-order valence-corrected chi connectivity index (χ0v) is 20.5. The molecule has 188 valence electrons. The number of likely N-dealkylation sites (N-methyl/N-ethyl adjacent to an activating group) is 1. The average Bonchev–Trinajstić information content (AvgIpc) is 2.90. The van der Waals surface area contributed by atoms with Crippen LogP contribution in [0.5, 0.6) is 5.88 Å². The predicted octanol–water partition coefficient (Wildman–Crippen LogP) is 3.28. The SMILES string of the molecule is C[C@@H]1CN([C@H](C)CO)C(=O)c2cc(-c3ccc(F)cc3)cnc2O[C@H]1CN(C)C(=O)c1cccnc1. The standard InChI is InChI=1S/C27H29FN4O4/c1-17-14-32(18(2)16-33)27(35)23-11-21(19-6-8-22(28)9-7-19)13-30-25(23)36-24(17)15-31(3)26(34)20-5-4-10-29-12-20/h4-13,17-18,24,33H,14-16H2,1-3H3/t17-,18-,24+/m1/s1. The highest BCUT2D eigenvalue weighted by Crippen LogP contribution is 2.30. The maximum atomic E-state index is 13.6. The fourth-order valence-corrected chi connectivity index (χ4v) is 4.18. The van der Waals surface area contributed by atoms with Gasteiger partial charge in [-0.2, -0.15) is 0 Å². The molecule has 0 bridgehead atoms. The van der Waals surface area contributed by atoms with E-state index in [9.17, 15) is 19.1 Å². The molecule has 3 aromatic rings. The summed E-state index contributed by atoms with van der Waals surface area (Å²) in [6.07, 6.45) is 4.22. The Morgan fingerprint density at radius 3 is 2.67 bits per heavy atom. The van der Waals surface area contributed by atoms with Gasteiger partial charge in [0.05, 0.1) is 24.8 Å². The van der Waals surface area contributed by atoms with Crippen LogP contribution >= 0.6 is 0 Å². The van der Waals surface area contributed by atoms with E-state index in [1.807, 2.05) is 6.92 Å². The second-order valence-electron chi connectivity index (χ2n) is 9.13. The normalized spacial score (nSPS) is 18.5. The first-order valence-corrected chi connectivity index (χ1v) is 11.8. The summed E-state index contributed by atoms with van der Waals surface area (Å²) in [5.74, 6) is -0.883. The Kier molecular flexibility index (Phi) is 7.59. The number of aromatic nitrogens is 2. The Morgan fingerprint density at radius 2 is 2.00 bits per heavy atom. The second-order valence-corrected chi connectivity index (χ2v) is 9.13. The minimum atomic E-state index is -0.472. The highest BCUT2D eigenvalue weighted by molar-refractivity contribution is 5.98. The molecule has 0 unspecified atom stereocenters. The lowest BCUT2D eigenvalue weighted by Crippen LogP contribution is -2.50. The molecule has 3 heterocycles. The molecule has 2 amide bonds. The molecule has 2 aromatic heterocycles. The van der Waals surface area contributed by atoms with E-state index in [-0.39, 0.29) is 48.1 Å². The minimum absolute atomic E-state index is 0.153. The quantitative estimate of drug-likeness (QED) is 0.568. The van der Waals surface area contributed by atoms with Crippen LogP contribution in [0.3, 0.4) is 0 Å². The zero-order chi connectivity index (χ0) is 25.8. The van der Waals surface area contributed by atoms with Gasteiger partial charge in [-0.05, 0) is 42.8 Å². The summed E-state index contributed by atoms with van der Waals surface area (Å²) in [5.41, 5.74) is 2.05. The van der Waals surface area contributed by atoms with Crippen molar-refractivity contribution in [3.8, 4) is 17.0 Å². The van der Waals surface area contributed by atoms with Crippen molar-refractivity contribution in [1.29, 1.82) is 0 Å². The van der Waals surface area contributed by atoms with Crippen molar-refractivity contribution in [3.63, 3.8) is 0 Å². The highest BCUT2D eigenvalue weighted by atomic mass is 19.1. The number of carbonyl (C=O) groups is 2. The maximum Gasteiger partial charge on any atom is 0.259 e. The number of halogens is 1. The fourth-order valence-electron chi connectivity index (χ4n) is 4.18. The molecule has 1 N–H and O–H groups in total. The van der Waals surface area contributed by atoms with Gasteiger partial charge in [0, 0.05) is 43.7 Å². The van der Waals surface area contributed by atoms with E-state index < -0.39 is 12.1 Å². The van der Waals surface area contributed by atoms with E-state index in [0.717, 1.165) is 0 Å². The molecule has 9 heteroatoms. The van der Waals surface area contributed by atoms with Crippen molar-refractivity contribution >= 4 is 11.8 Å². The fraction of sp³-hybridized carbons (Fsp3) is 0.333. The van der Waals surface area contributed by atoms with Gasteiger partial charge >= 0.3 is 0 Å². The summed E-state index contributed by atoms with van der Waals surface area (Å²) >= 11 is 0. The first kappa shape index (κ1) is 25.2. The Bertz CT molecular complexity index is 1220. The summed E-state index contributed by atoms with van der Waals surface area (Å²) in [7, 11) is 1.69. The second kappa shape index (κ2) is 10.8. The van der Waals surface area contributed by atoms with E-state index in [2.05, 4.69) is 9.97 Å². The molecule has 1 aliphatic rings. The monoisotopic (exact) mass is 492 g/mol. The molecule has 0 saturated heterocycles. The smallest absolute Gasteiger partial charge is 0.259 e. The van der Waals surface area contributed by atoms with Gasteiger partial charge in [0.25, 0.3) is 11.8 Å². The molecular formula is C27H29FN4O4. The highest BCUT2D eigenvalue weighted by Gasteiger charge is 2.35. The number of hydrogen-bond donors (Lipinski definition) is 1. The molecule has 1 aromatic carbocycles. The van der Waals surface area contributed by atoms with Gasteiger partial charge in [-0.25, -0.2) is 9.37 Å². The van der Waals surface area contributed by atoms with E-state index >= 15 is 0 Å². The van der Waals surface area contributed by atoms with Crippen LogP contribution in [0.1, 0.15) is 34.6 Å². The molecule has 0 saturated carbocycles. The van der Waals surface area contributed by atoms with Crippen molar-refractivity contribution in [2.75, 3.05) is 26.7 Å². The summed E-state index contributed by atoms with van der Waals surface area (Å²) in [6.45, 7) is 4.09. The third-order valence-corrected chi connectivity index (χ3v) is 6.41. The molecule has 4 rings (SSSR count).